The molecule has 1 fully saturated rings. The minimum atomic E-state index is -0.424. The molecule has 0 N–H and O–H groups in total. The molecule has 255 valence electrons. The average molecular weight is 813 g/mol. The second-order valence-corrected chi connectivity index (χ2v) is 13.8. The first-order valence-electron chi connectivity index (χ1n) is 15.4. The van der Waals surface area contributed by atoms with Gasteiger partial charge in [-0.05, 0) is 107 Å². The first kappa shape index (κ1) is 43.0. The zero-order valence-corrected chi connectivity index (χ0v) is 34.0. The van der Waals surface area contributed by atoms with Gasteiger partial charge in [0, 0.05) is 53.8 Å². The summed E-state index contributed by atoms with van der Waals surface area (Å²) in [5.41, 5.74) is 2.12. The van der Waals surface area contributed by atoms with Crippen molar-refractivity contribution in [3.05, 3.63) is 98.4 Å². The van der Waals surface area contributed by atoms with Gasteiger partial charge in [0.05, 0.1) is 11.2 Å². The molecule has 13 heteroatoms. The SMILES string of the molecule is CCC.CN(C)C(=O)c1ccc(B2OC(C)(C)C(C)(C)O2)cc1.CN(C)C(=O)c1ccc(Br)cc1.O=C(Cl)c1ccc(Br)cc1.[2H][B]P. The number of carbonyl (C=O) groups excluding carboxylic acids is 3. The van der Waals surface area contributed by atoms with Crippen molar-refractivity contribution in [3.8, 4) is 0 Å². The third-order valence-corrected chi connectivity index (χ3v) is 7.93. The van der Waals surface area contributed by atoms with Gasteiger partial charge in [0.25, 0.3) is 17.1 Å². The molecule has 1 atom stereocenters. The predicted molar refractivity (Wildman–Crippen MR) is 209 cm³/mol. The van der Waals surface area contributed by atoms with E-state index in [4.69, 9.17) is 22.2 Å². The number of halogens is 3. The number of amides is 2. The third kappa shape index (κ3) is 15.4. The Bertz CT molecular complexity index is 1400. The summed E-state index contributed by atoms with van der Waals surface area (Å²) in [6.07, 6.45) is 1.25. The molecular weight excluding hydrogens is 764 g/mol. The normalized spacial score (nSPS) is 13.7. The maximum Gasteiger partial charge on any atom is 0.494 e. The fourth-order valence-corrected chi connectivity index (χ4v) is 4.11. The van der Waals surface area contributed by atoms with Crippen molar-refractivity contribution >= 4 is 89.7 Å². The van der Waals surface area contributed by atoms with Gasteiger partial charge in [-0.3, -0.25) is 14.4 Å². The zero-order valence-electron chi connectivity index (χ0n) is 29.9. The molecule has 1 saturated heterocycles. The van der Waals surface area contributed by atoms with E-state index in [1.54, 1.807) is 74.4 Å². The molecule has 4 rings (SSSR count). The van der Waals surface area contributed by atoms with Crippen molar-refractivity contribution < 1.29 is 23.7 Å². The summed E-state index contributed by atoms with van der Waals surface area (Å²) in [6.45, 7) is 12.3. The number of hydrogen-bond acceptors (Lipinski definition) is 5. The highest BCUT2D eigenvalue weighted by molar-refractivity contribution is 9.10. The van der Waals surface area contributed by atoms with Crippen LogP contribution in [0.1, 0.15) is 79.0 Å². The number of benzene rings is 3. The summed E-state index contributed by atoms with van der Waals surface area (Å²) >= 11 is 11.7. The predicted octanol–water partition coefficient (Wildman–Crippen LogP) is 7.76. The van der Waals surface area contributed by atoms with E-state index in [0.717, 1.165) is 14.4 Å². The smallest absolute Gasteiger partial charge is 0.399 e. The molecule has 3 aromatic rings. The lowest BCUT2D eigenvalue weighted by Crippen LogP contribution is -2.41. The van der Waals surface area contributed by atoms with Crippen LogP contribution in [0.3, 0.4) is 0 Å². The van der Waals surface area contributed by atoms with Crippen molar-refractivity contribution in [1.82, 2.24) is 9.80 Å². The van der Waals surface area contributed by atoms with Crippen LogP contribution in [0.2, 0.25) is 0 Å². The molecule has 0 saturated carbocycles. The first-order chi connectivity index (χ1) is 22.3. The summed E-state index contributed by atoms with van der Waals surface area (Å²) in [7, 11) is 9.86. The lowest BCUT2D eigenvalue weighted by molar-refractivity contribution is 0.00578. The van der Waals surface area contributed by atoms with Crippen LogP contribution in [-0.2, 0) is 9.31 Å². The van der Waals surface area contributed by atoms with Crippen molar-refractivity contribution in [1.29, 1.82) is 1.34 Å². The van der Waals surface area contributed by atoms with Crippen molar-refractivity contribution in [2.24, 2.45) is 0 Å². The van der Waals surface area contributed by atoms with E-state index in [1.807, 2.05) is 64.1 Å². The van der Waals surface area contributed by atoms with Gasteiger partial charge in [-0.1, -0.05) is 64.3 Å². The Labute approximate surface area is 308 Å². The third-order valence-electron chi connectivity index (χ3n) is 6.66. The van der Waals surface area contributed by atoms with E-state index in [1.165, 1.54) is 14.0 Å². The van der Waals surface area contributed by atoms with Gasteiger partial charge in [-0.2, -0.15) is 9.12 Å². The Hall–Kier alpha value is -2.00. The summed E-state index contributed by atoms with van der Waals surface area (Å²) in [5, 5.41) is -0.424. The molecule has 0 spiro atoms. The van der Waals surface area contributed by atoms with E-state index in [0.29, 0.717) is 16.7 Å². The highest BCUT2D eigenvalue weighted by Crippen LogP contribution is 2.36. The molecular formula is C34H47B2Br2ClN2O5P. The molecule has 0 aliphatic carbocycles. The van der Waals surface area contributed by atoms with Crippen LogP contribution in [0, 0.1) is 0 Å². The van der Waals surface area contributed by atoms with Crippen LogP contribution in [0.5, 0.6) is 0 Å². The number of nitrogens with zero attached hydrogens (tertiary/aromatic N) is 2. The summed E-state index contributed by atoms with van der Waals surface area (Å²) in [5.74, 6) is 0.0213. The topological polar surface area (TPSA) is 76.2 Å². The van der Waals surface area contributed by atoms with E-state index in [2.05, 4.69) is 54.8 Å². The van der Waals surface area contributed by atoms with E-state index in [-0.39, 0.29) is 30.1 Å². The number of carbonyl (C=O) groups is 3. The van der Waals surface area contributed by atoms with Crippen LogP contribution in [0.4, 0.5) is 0 Å². The van der Waals surface area contributed by atoms with Crippen LogP contribution in [0.15, 0.2) is 81.7 Å². The second kappa shape index (κ2) is 21.9. The van der Waals surface area contributed by atoms with Gasteiger partial charge in [0.2, 0.25) is 0 Å². The molecule has 1 heterocycles. The monoisotopic (exact) mass is 810 g/mol. The number of hydrogen-bond donors (Lipinski definition) is 0. The second-order valence-electron chi connectivity index (χ2n) is 11.6. The van der Waals surface area contributed by atoms with Crippen LogP contribution >= 0.6 is 52.6 Å². The summed E-state index contributed by atoms with van der Waals surface area (Å²) in [6, 6.07) is 21.6. The lowest BCUT2D eigenvalue weighted by atomic mass is 9.79. The molecule has 1 aliphatic heterocycles. The highest BCUT2D eigenvalue weighted by atomic mass is 79.9. The van der Waals surface area contributed by atoms with Gasteiger partial charge in [-0.15, -0.1) is 0 Å². The molecule has 7 nitrogen and oxygen atoms in total. The highest BCUT2D eigenvalue weighted by Gasteiger charge is 2.51. The van der Waals surface area contributed by atoms with Gasteiger partial charge in [0.1, 0.15) is 7.53 Å². The maximum absolute atomic E-state index is 11.8. The molecule has 1 radical (unpaired) electrons. The van der Waals surface area contributed by atoms with Crippen molar-refractivity contribution in [2.45, 2.75) is 59.2 Å². The van der Waals surface area contributed by atoms with E-state index >= 15 is 0 Å². The zero-order chi connectivity index (χ0) is 37.2. The van der Waals surface area contributed by atoms with Crippen molar-refractivity contribution in [2.75, 3.05) is 28.2 Å². The largest absolute Gasteiger partial charge is 0.494 e. The van der Waals surface area contributed by atoms with Crippen molar-refractivity contribution in [3.63, 3.8) is 0 Å². The Morgan fingerprint density at radius 3 is 1.30 bits per heavy atom. The Kier molecular flexibility index (Phi) is 20.0. The summed E-state index contributed by atoms with van der Waals surface area (Å²) in [4.78, 5) is 36.8. The van der Waals surface area contributed by atoms with Crippen LogP contribution < -0.4 is 5.46 Å². The van der Waals surface area contributed by atoms with Crippen LogP contribution in [-0.4, -0.2) is 82.2 Å². The molecule has 0 aromatic heterocycles. The summed E-state index contributed by atoms with van der Waals surface area (Å²) < 4.78 is 19.9. The fourth-order valence-electron chi connectivity index (χ4n) is 3.45. The molecule has 47 heavy (non-hydrogen) atoms. The minimum Gasteiger partial charge on any atom is -0.399 e. The molecule has 0 bridgehead atoms. The van der Waals surface area contributed by atoms with Gasteiger partial charge in [-0.25, -0.2) is 0 Å². The molecule has 3 aromatic carbocycles. The quantitative estimate of drug-likeness (QED) is 0.153. The minimum absolute atomic E-state index is 0.00883. The Balaban J connectivity index is 0.000000675. The van der Waals surface area contributed by atoms with Gasteiger partial charge in [0.15, 0.2) is 0 Å². The Morgan fingerprint density at radius 1 is 0.745 bits per heavy atom. The average Bonchev–Trinajstić information content (AvgIpc) is 3.24. The van der Waals surface area contributed by atoms with Gasteiger partial charge >= 0.3 is 7.12 Å². The molecule has 1 unspecified atom stereocenters. The first-order valence-corrected chi connectivity index (χ1v) is 17.4. The Morgan fingerprint density at radius 2 is 1.02 bits per heavy atom. The lowest BCUT2D eigenvalue weighted by Gasteiger charge is -2.32. The van der Waals surface area contributed by atoms with E-state index in [9.17, 15) is 14.4 Å². The molecule has 2 amide bonds. The van der Waals surface area contributed by atoms with Gasteiger partial charge < -0.3 is 19.1 Å². The van der Waals surface area contributed by atoms with Crippen LogP contribution in [0.25, 0.3) is 0 Å². The standard InChI is InChI=1S/C15H22BNO3.C9H10BrNO.C7H4BrClO.C3H8.BH3P/c1-14(2)15(3,4)20-16(19-14)12-9-7-11(8-10-12)13(18)17(5)6;1-11(2)9(12)7-3-5-8(10)6-4-7;8-6-3-1-5(2-4-6)7(9)10;1-3-2;1-2/h7-10H,1-6H3;3-6H,1-2H3;1-4H;3H2,1-2H3;1H,2H2/i;;;;1D. The molecule has 1 aliphatic rings. The number of rotatable bonds is 4. The van der Waals surface area contributed by atoms with E-state index < -0.39 is 5.24 Å². The maximum atomic E-state index is 11.8. The fraction of sp³-hybridized carbons (Fsp3) is 0.382.